The summed E-state index contributed by atoms with van der Waals surface area (Å²) < 4.78 is 10.6. The molecule has 92 valence electrons. The zero-order chi connectivity index (χ0) is 12.5. The van der Waals surface area contributed by atoms with E-state index in [0.29, 0.717) is 6.61 Å². The first kappa shape index (κ1) is 13.6. The molecule has 0 aliphatic rings. The third kappa shape index (κ3) is 4.90. The Bertz CT molecular complexity index is 371. The van der Waals surface area contributed by atoms with Gasteiger partial charge >= 0.3 is 0 Å². The fourth-order valence-corrected chi connectivity index (χ4v) is 1.40. The van der Waals surface area contributed by atoms with Crippen LogP contribution in [-0.4, -0.2) is 26.4 Å². The SMILES string of the molecule is C#CCOc1ccccc1CNCC(C)OC. The third-order valence-electron chi connectivity index (χ3n) is 2.43. The van der Waals surface area contributed by atoms with Gasteiger partial charge in [-0.1, -0.05) is 24.1 Å². The molecule has 3 heteroatoms. The molecule has 0 saturated carbocycles. The third-order valence-corrected chi connectivity index (χ3v) is 2.43. The topological polar surface area (TPSA) is 30.5 Å². The van der Waals surface area contributed by atoms with E-state index in [1.165, 1.54) is 0 Å². The quantitative estimate of drug-likeness (QED) is 0.729. The van der Waals surface area contributed by atoms with Crippen molar-refractivity contribution in [2.45, 2.75) is 19.6 Å². The number of terminal acetylenes is 1. The summed E-state index contributed by atoms with van der Waals surface area (Å²) in [5.74, 6) is 3.30. The fourth-order valence-electron chi connectivity index (χ4n) is 1.40. The summed E-state index contributed by atoms with van der Waals surface area (Å²) >= 11 is 0. The van der Waals surface area contributed by atoms with Gasteiger partial charge in [-0.3, -0.25) is 0 Å². The Morgan fingerprint density at radius 3 is 2.88 bits per heavy atom. The Labute approximate surface area is 103 Å². The van der Waals surface area contributed by atoms with E-state index < -0.39 is 0 Å². The van der Waals surface area contributed by atoms with Gasteiger partial charge in [-0.15, -0.1) is 6.42 Å². The monoisotopic (exact) mass is 233 g/mol. The first-order chi connectivity index (χ1) is 8.27. The van der Waals surface area contributed by atoms with Crippen molar-refractivity contribution in [2.24, 2.45) is 0 Å². The number of para-hydroxylation sites is 1. The maximum atomic E-state index is 5.46. The number of rotatable bonds is 7. The van der Waals surface area contributed by atoms with Gasteiger partial charge < -0.3 is 14.8 Å². The van der Waals surface area contributed by atoms with Crippen LogP contribution in [0.4, 0.5) is 0 Å². The molecular formula is C14H19NO2. The van der Waals surface area contributed by atoms with Crippen LogP contribution in [0.5, 0.6) is 5.75 Å². The summed E-state index contributed by atoms with van der Waals surface area (Å²) in [5, 5.41) is 3.31. The highest BCUT2D eigenvalue weighted by Gasteiger charge is 2.03. The summed E-state index contributed by atoms with van der Waals surface area (Å²) in [7, 11) is 1.70. The smallest absolute Gasteiger partial charge is 0.148 e. The maximum absolute atomic E-state index is 5.46. The van der Waals surface area contributed by atoms with Gasteiger partial charge in [0.1, 0.15) is 12.4 Å². The Balaban J connectivity index is 2.49. The van der Waals surface area contributed by atoms with Crippen LogP contribution in [-0.2, 0) is 11.3 Å². The van der Waals surface area contributed by atoms with Crippen LogP contribution in [0.1, 0.15) is 12.5 Å². The summed E-state index contributed by atoms with van der Waals surface area (Å²) in [5.41, 5.74) is 1.10. The normalized spacial score (nSPS) is 11.8. The van der Waals surface area contributed by atoms with E-state index in [0.717, 1.165) is 24.4 Å². The van der Waals surface area contributed by atoms with Crippen molar-refractivity contribution in [3.05, 3.63) is 29.8 Å². The fraction of sp³-hybridized carbons (Fsp3) is 0.429. The molecule has 0 bridgehead atoms. The second-order valence-electron chi connectivity index (χ2n) is 3.78. The molecule has 1 aromatic carbocycles. The zero-order valence-electron chi connectivity index (χ0n) is 10.4. The standard InChI is InChI=1S/C14H19NO2/c1-4-9-17-14-8-6-5-7-13(14)11-15-10-12(2)16-3/h1,5-8,12,15H,9-11H2,2-3H3. The highest BCUT2D eigenvalue weighted by molar-refractivity contribution is 5.33. The van der Waals surface area contributed by atoms with Crippen molar-refractivity contribution in [1.29, 1.82) is 0 Å². The van der Waals surface area contributed by atoms with E-state index in [-0.39, 0.29) is 6.10 Å². The lowest BCUT2D eigenvalue weighted by Gasteiger charge is -2.13. The summed E-state index contributed by atoms with van der Waals surface area (Å²) in [6.45, 7) is 3.87. The van der Waals surface area contributed by atoms with Crippen molar-refractivity contribution < 1.29 is 9.47 Å². The van der Waals surface area contributed by atoms with E-state index in [9.17, 15) is 0 Å². The predicted molar refractivity (Wildman–Crippen MR) is 68.9 cm³/mol. The Morgan fingerprint density at radius 1 is 1.41 bits per heavy atom. The Hall–Kier alpha value is -1.50. The second kappa shape index (κ2) is 7.72. The van der Waals surface area contributed by atoms with E-state index in [4.69, 9.17) is 15.9 Å². The molecule has 0 fully saturated rings. The van der Waals surface area contributed by atoms with Crippen LogP contribution in [0, 0.1) is 12.3 Å². The molecule has 1 rings (SSSR count). The lowest BCUT2D eigenvalue weighted by Crippen LogP contribution is -2.25. The van der Waals surface area contributed by atoms with Crippen LogP contribution < -0.4 is 10.1 Å². The number of hydrogen-bond acceptors (Lipinski definition) is 3. The lowest BCUT2D eigenvalue weighted by atomic mass is 10.2. The molecule has 3 nitrogen and oxygen atoms in total. The molecule has 0 saturated heterocycles. The van der Waals surface area contributed by atoms with Gasteiger partial charge in [0.25, 0.3) is 0 Å². The van der Waals surface area contributed by atoms with Gasteiger partial charge in [0.15, 0.2) is 0 Å². The van der Waals surface area contributed by atoms with Crippen molar-refractivity contribution in [3.8, 4) is 18.1 Å². The minimum absolute atomic E-state index is 0.203. The Kier molecular flexibility index (Phi) is 6.16. The molecule has 1 N–H and O–H groups in total. The number of ether oxygens (including phenoxy) is 2. The molecule has 0 heterocycles. The molecule has 1 aromatic rings. The van der Waals surface area contributed by atoms with Crippen molar-refractivity contribution in [2.75, 3.05) is 20.3 Å². The first-order valence-corrected chi connectivity index (χ1v) is 5.65. The molecule has 0 aliphatic carbocycles. The van der Waals surface area contributed by atoms with Crippen molar-refractivity contribution >= 4 is 0 Å². The molecular weight excluding hydrogens is 214 g/mol. The minimum atomic E-state index is 0.203. The molecule has 1 unspecified atom stereocenters. The summed E-state index contributed by atoms with van der Waals surface area (Å²) in [6.07, 6.45) is 5.38. The van der Waals surface area contributed by atoms with Crippen LogP contribution in [0.2, 0.25) is 0 Å². The highest BCUT2D eigenvalue weighted by Crippen LogP contribution is 2.17. The molecule has 0 aliphatic heterocycles. The molecule has 1 atom stereocenters. The van der Waals surface area contributed by atoms with E-state index in [2.05, 4.69) is 11.2 Å². The molecule has 0 radical (unpaired) electrons. The van der Waals surface area contributed by atoms with Gasteiger partial charge in [0.2, 0.25) is 0 Å². The largest absolute Gasteiger partial charge is 0.481 e. The van der Waals surface area contributed by atoms with Gasteiger partial charge in [0.05, 0.1) is 6.10 Å². The average molecular weight is 233 g/mol. The van der Waals surface area contributed by atoms with Gasteiger partial charge in [-0.2, -0.15) is 0 Å². The lowest BCUT2D eigenvalue weighted by molar-refractivity contribution is 0.117. The number of benzene rings is 1. The van der Waals surface area contributed by atoms with Crippen molar-refractivity contribution in [1.82, 2.24) is 5.32 Å². The summed E-state index contributed by atoms with van der Waals surface area (Å²) in [4.78, 5) is 0. The molecule has 17 heavy (non-hydrogen) atoms. The first-order valence-electron chi connectivity index (χ1n) is 5.65. The minimum Gasteiger partial charge on any atom is -0.481 e. The highest BCUT2D eigenvalue weighted by atomic mass is 16.5. The van der Waals surface area contributed by atoms with Crippen LogP contribution >= 0.6 is 0 Å². The number of hydrogen-bond donors (Lipinski definition) is 1. The molecule has 0 amide bonds. The van der Waals surface area contributed by atoms with Gasteiger partial charge in [0, 0.05) is 25.8 Å². The maximum Gasteiger partial charge on any atom is 0.148 e. The predicted octanol–water partition coefficient (Wildman–Crippen LogP) is 1.82. The van der Waals surface area contributed by atoms with Gasteiger partial charge in [-0.25, -0.2) is 0 Å². The molecule has 0 spiro atoms. The van der Waals surface area contributed by atoms with E-state index in [1.54, 1.807) is 7.11 Å². The molecule has 0 aromatic heterocycles. The van der Waals surface area contributed by atoms with Crippen LogP contribution in [0.15, 0.2) is 24.3 Å². The number of nitrogens with one attached hydrogen (secondary N) is 1. The van der Waals surface area contributed by atoms with Crippen LogP contribution in [0.25, 0.3) is 0 Å². The van der Waals surface area contributed by atoms with Crippen LogP contribution in [0.3, 0.4) is 0 Å². The zero-order valence-corrected chi connectivity index (χ0v) is 10.4. The second-order valence-corrected chi connectivity index (χ2v) is 3.78. The van der Waals surface area contributed by atoms with E-state index >= 15 is 0 Å². The summed E-state index contributed by atoms with van der Waals surface area (Å²) in [6, 6.07) is 7.87. The van der Waals surface area contributed by atoms with Gasteiger partial charge in [-0.05, 0) is 13.0 Å². The van der Waals surface area contributed by atoms with Crippen molar-refractivity contribution in [3.63, 3.8) is 0 Å². The number of methoxy groups -OCH3 is 1. The Morgan fingerprint density at radius 2 is 2.18 bits per heavy atom. The van der Waals surface area contributed by atoms with E-state index in [1.807, 2.05) is 31.2 Å². The average Bonchev–Trinajstić information content (AvgIpc) is 2.37.